The minimum absolute atomic E-state index is 0.160. The summed E-state index contributed by atoms with van der Waals surface area (Å²) in [6.07, 6.45) is 1.25. The van der Waals surface area contributed by atoms with Gasteiger partial charge in [-0.1, -0.05) is 0 Å². The first-order valence-electron chi connectivity index (χ1n) is 4.83. The van der Waals surface area contributed by atoms with Crippen molar-refractivity contribution in [1.82, 2.24) is 5.32 Å². The highest BCUT2D eigenvalue weighted by Gasteiger charge is 2.01. The number of carbonyl (C=O) groups excluding carboxylic acids is 1. The first-order valence-corrected chi connectivity index (χ1v) is 5.71. The van der Waals surface area contributed by atoms with E-state index in [-0.39, 0.29) is 5.97 Å². The lowest BCUT2D eigenvalue weighted by Gasteiger charge is -2.03. The minimum atomic E-state index is -0.160. The molecule has 0 atom stereocenters. The molecule has 0 aliphatic rings. The lowest BCUT2D eigenvalue weighted by atomic mass is 10.3. The Morgan fingerprint density at radius 1 is 1.67 bits per heavy atom. The number of hydrogen-bond donors (Lipinski definition) is 2. The third-order valence-corrected chi connectivity index (χ3v) is 2.96. The van der Waals surface area contributed by atoms with Gasteiger partial charge in [-0.25, -0.2) is 0 Å². The van der Waals surface area contributed by atoms with Crippen LogP contribution in [0.3, 0.4) is 0 Å². The lowest BCUT2D eigenvalue weighted by molar-refractivity contribution is -0.140. The van der Waals surface area contributed by atoms with Crippen molar-refractivity contribution < 1.29 is 9.53 Å². The summed E-state index contributed by atoms with van der Waals surface area (Å²) >= 11 is 1.64. The molecular formula is C10H16N2O2S. The standard InChI is InChI=1S/C10H16N2O2S/c1-14-10(13)3-2-5-12-7-9-8(11)4-6-15-9/h4,6,12H,2-3,5,7,11H2,1H3. The molecule has 0 aliphatic heterocycles. The summed E-state index contributed by atoms with van der Waals surface area (Å²) in [6, 6.07) is 1.90. The second kappa shape index (κ2) is 6.42. The smallest absolute Gasteiger partial charge is 0.305 e. The number of nitrogen functional groups attached to an aromatic ring is 1. The molecule has 0 saturated carbocycles. The van der Waals surface area contributed by atoms with Gasteiger partial charge in [0.15, 0.2) is 0 Å². The summed E-state index contributed by atoms with van der Waals surface area (Å²) in [6.45, 7) is 1.57. The van der Waals surface area contributed by atoms with E-state index < -0.39 is 0 Å². The predicted octanol–water partition coefficient (Wildman–Crippen LogP) is 1.37. The van der Waals surface area contributed by atoms with Gasteiger partial charge in [0.1, 0.15) is 0 Å². The topological polar surface area (TPSA) is 64.3 Å². The fraction of sp³-hybridized carbons (Fsp3) is 0.500. The third-order valence-electron chi connectivity index (χ3n) is 2.03. The van der Waals surface area contributed by atoms with Crippen molar-refractivity contribution in [2.45, 2.75) is 19.4 Å². The number of thiophene rings is 1. The van der Waals surface area contributed by atoms with Crippen LogP contribution < -0.4 is 11.1 Å². The normalized spacial score (nSPS) is 10.2. The molecule has 1 rings (SSSR count). The van der Waals surface area contributed by atoms with Crippen LogP contribution in [0.25, 0.3) is 0 Å². The number of nitrogens with one attached hydrogen (secondary N) is 1. The van der Waals surface area contributed by atoms with Crippen LogP contribution in [-0.4, -0.2) is 19.6 Å². The maximum Gasteiger partial charge on any atom is 0.305 e. The summed E-state index contributed by atoms with van der Waals surface area (Å²) in [5.74, 6) is -0.160. The molecule has 84 valence electrons. The number of carbonyl (C=O) groups is 1. The van der Waals surface area contributed by atoms with Gasteiger partial charge in [-0.05, 0) is 24.4 Å². The zero-order valence-corrected chi connectivity index (χ0v) is 9.60. The van der Waals surface area contributed by atoms with Crippen molar-refractivity contribution in [3.8, 4) is 0 Å². The molecule has 0 amide bonds. The summed E-state index contributed by atoms with van der Waals surface area (Å²) in [4.78, 5) is 11.9. The molecule has 0 fully saturated rings. The first-order chi connectivity index (χ1) is 7.24. The van der Waals surface area contributed by atoms with E-state index in [1.54, 1.807) is 11.3 Å². The van der Waals surface area contributed by atoms with Crippen molar-refractivity contribution in [1.29, 1.82) is 0 Å². The van der Waals surface area contributed by atoms with Gasteiger partial charge in [0.05, 0.1) is 7.11 Å². The Morgan fingerprint density at radius 2 is 2.47 bits per heavy atom. The summed E-state index contributed by atoms with van der Waals surface area (Å²) in [7, 11) is 1.40. The van der Waals surface area contributed by atoms with Gasteiger partial charge in [-0.2, -0.15) is 0 Å². The number of ether oxygens (including phenoxy) is 1. The third kappa shape index (κ3) is 4.31. The quantitative estimate of drug-likeness (QED) is 0.570. The number of anilines is 1. The van der Waals surface area contributed by atoms with Crippen molar-refractivity contribution in [2.24, 2.45) is 0 Å². The van der Waals surface area contributed by atoms with Crippen molar-refractivity contribution >= 4 is 23.0 Å². The van der Waals surface area contributed by atoms with Gasteiger partial charge in [0, 0.05) is 23.5 Å². The summed E-state index contributed by atoms with van der Waals surface area (Å²) in [5, 5.41) is 5.20. The zero-order valence-electron chi connectivity index (χ0n) is 8.79. The molecule has 0 saturated heterocycles. The molecule has 3 N–H and O–H groups in total. The Balaban J connectivity index is 2.07. The van der Waals surface area contributed by atoms with E-state index >= 15 is 0 Å². The maximum absolute atomic E-state index is 10.8. The molecule has 1 heterocycles. The molecule has 0 spiro atoms. The number of nitrogens with two attached hydrogens (primary N) is 1. The molecule has 1 aromatic heterocycles. The van der Waals surface area contributed by atoms with E-state index in [2.05, 4.69) is 10.1 Å². The van der Waals surface area contributed by atoms with Crippen LogP contribution in [0.5, 0.6) is 0 Å². The Labute approximate surface area is 93.4 Å². The molecule has 15 heavy (non-hydrogen) atoms. The Hall–Kier alpha value is -1.07. The van der Waals surface area contributed by atoms with E-state index in [1.165, 1.54) is 7.11 Å². The average Bonchev–Trinajstić information content (AvgIpc) is 2.63. The molecule has 0 aliphatic carbocycles. The van der Waals surface area contributed by atoms with Crippen LogP contribution in [0.4, 0.5) is 5.69 Å². The van der Waals surface area contributed by atoms with Crippen molar-refractivity contribution in [2.75, 3.05) is 19.4 Å². The highest BCUT2D eigenvalue weighted by atomic mass is 32.1. The van der Waals surface area contributed by atoms with Crippen LogP contribution in [0.2, 0.25) is 0 Å². The minimum Gasteiger partial charge on any atom is -0.469 e. The molecule has 0 radical (unpaired) electrons. The maximum atomic E-state index is 10.8. The van der Waals surface area contributed by atoms with Gasteiger partial charge in [-0.15, -0.1) is 11.3 Å². The van der Waals surface area contributed by atoms with Gasteiger partial charge in [0.2, 0.25) is 0 Å². The monoisotopic (exact) mass is 228 g/mol. The van der Waals surface area contributed by atoms with Gasteiger partial charge in [0.25, 0.3) is 0 Å². The highest BCUT2D eigenvalue weighted by molar-refractivity contribution is 7.10. The first kappa shape index (κ1) is 12.0. The van der Waals surface area contributed by atoms with E-state index in [4.69, 9.17) is 5.73 Å². The number of esters is 1. The second-order valence-corrected chi connectivity index (χ2v) is 4.16. The van der Waals surface area contributed by atoms with Crippen molar-refractivity contribution in [3.05, 3.63) is 16.3 Å². The van der Waals surface area contributed by atoms with Crippen LogP contribution in [0, 0.1) is 0 Å². The van der Waals surface area contributed by atoms with Crippen LogP contribution in [0.1, 0.15) is 17.7 Å². The van der Waals surface area contributed by atoms with Gasteiger partial charge >= 0.3 is 5.97 Å². The molecule has 0 unspecified atom stereocenters. The van der Waals surface area contributed by atoms with Crippen molar-refractivity contribution in [3.63, 3.8) is 0 Å². The second-order valence-electron chi connectivity index (χ2n) is 3.16. The predicted molar refractivity (Wildman–Crippen MR) is 61.7 cm³/mol. The highest BCUT2D eigenvalue weighted by Crippen LogP contribution is 2.17. The van der Waals surface area contributed by atoms with Crippen LogP contribution in [-0.2, 0) is 16.1 Å². The molecular weight excluding hydrogens is 212 g/mol. The van der Waals surface area contributed by atoms with E-state index in [9.17, 15) is 4.79 Å². The Bertz CT molecular complexity index is 312. The average molecular weight is 228 g/mol. The number of hydrogen-bond acceptors (Lipinski definition) is 5. The fourth-order valence-electron chi connectivity index (χ4n) is 1.16. The van der Waals surface area contributed by atoms with Crippen LogP contribution in [0.15, 0.2) is 11.4 Å². The summed E-state index contributed by atoms with van der Waals surface area (Å²) < 4.78 is 4.54. The number of rotatable bonds is 6. The van der Waals surface area contributed by atoms with E-state index in [0.717, 1.165) is 30.1 Å². The van der Waals surface area contributed by atoms with Gasteiger partial charge < -0.3 is 15.8 Å². The molecule has 5 heteroatoms. The summed E-state index contributed by atoms with van der Waals surface area (Å²) in [5.41, 5.74) is 6.56. The molecule has 1 aromatic rings. The fourth-order valence-corrected chi connectivity index (χ4v) is 1.92. The Morgan fingerprint density at radius 3 is 3.07 bits per heavy atom. The molecule has 4 nitrogen and oxygen atoms in total. The Kier molecular flexibility index (Phi) is 5.14. The number of methoxy groups -OCH3 is 1. The molecule has 0 bridgehead atoms. The largest absolute Gasteiger partial charge is 0.469 e. The SMILES string of the molecule is COC(=O)CCCNCc1sccc1N. The van der Waals surface area contributed by atoms with E-state index in [0.29, 0.717) is 6.42 Å². The molecule has 0 aromatic carbocycles. The van der Waals surface area contributed by atoms with Gasteiger partial charge in [-0.3, -0.25) is 4.79 Å². The van der Waals surface area contributed by atoms with Crippen LogP contribution >= 0.6 is 11.3 Å². The lowest BCUT2D eigenvalue weighted by Crippen LogP contribution is -2.16. The van der Waals surface area contributed by atoms with E-state index in [1.807, 2.05) is 11.4 Å². The zero-order chi connectivity index (χ0) is 11.1.